The van der Waals surface area contributed by atoms with Gasteiger partial charge in [0.1, 0.15) is 18.1 Å². The van der Waals surface area contributed by atoms with E-state index in [4.69, 9.17) is 9.47 Å². The van der Waals surface area contributed by atoms with Gasteiger partial charge in [-0.1, -0.05) is 42.5 Å². The number of hydrogen-bond donors (Lipinski definition) is 2. The largest absolute Gasteiger partial charge is 0.504 e. The zero-order valence-electron chi connectivity index (χ0n) is 20.0. The number of aromatic hydroxyl groups is 1. The normalized spacial score (nSPS) is 12.8. The molecular formula is C29H20N2O7. The van der Waals surface area contributed by atoms with Crippen LogP contribution >= 0.6 is 0 Å². The predicted molar refractivity (Wildman–Crippen MR) is 138 cm³/mol. The van der Waals surface area contributed by atoms with Gasteiger partial charge < -0.3 is 19.7 Å². The highest BCUT2D eigenvalue weighted by molar-refractivity contribution is 6.32. The molecule has 0 saturated heterocycles. The van der Waals surface area contributed by atoms with Crippen LogP contribution in [-0.2, 0) is 6.61 Å². The Balaban J connectivity index is 1.59. The molecule has 38 heavy (non-hydrogen) atoms. The van der Waals surface area contributed by atoms with Crippen molar-refractivity contribution in [2.75, 3.05) is 7.05 Å². The topological polar surface area (TPSA) is 118 Å². The second-order valence-electron chi connectivity index (χ2n) is 8.83. The molecule has 0 spiro atoms. The van der Waals surface area contributed by atoms with Gasteiger partial charge in [0, 0.05) is 23.9 Å². The SMILES string of the molecule is CN1C(=O)c2c(Oc3ccccc3O)cc3c(c2C1=O)c1cc(OCc2ccccc2)ccc1n3C(=O)O. The molecule has 4 aromatic carbocycles. The van der Waals surface area contributed by atoms with E-state index in [-0.39, 0.29) is 33.9 Å². The highest BCUT2D eigenvalue weighted by Gasteiger charge is 2.40. The van der Waals surface area contributed by atoms with E-state index in [2.05, 4.69) is 0 Å². The number of ether oxygens (including phenoxy) is 2. The zero-order valence-corrected chi connectivity index (χ0v) is 20.0. The third-order valence-electron chi connectivity index (χ3n) is 6.55. The number of carbonyl (C=O) groups excluding carboxylic acids is 2. The fraction of sp³-hybridized carbons (Fsp3) is 0.0690. The molecular weight excluding hydrogens is 488 g/mol. The number of benzene rings is 4. The molecule has 1 aromatic heterocycles. The lowest BCUT2D eigenvalue weighted by molar-refractivity contribution is 0.0693. The van der Waals surface area contributed by atoms with Crippen molar-refractivity contribution in [3.63, 3.8) is 0 Å². The Morgan fingerprint density at radius 2 is 1.55 bits per heavy atom. The zero-order chi connectivity index (χ0) is 26.6. The van der Waals surface area contributed by atoms with Gasteiger partial charge in [0.2, 0.25) is 0 Å². The molecule has 9 nitrogen and oxygen atoms in total. The van der Waals surface area contributed by atoms with Crippen molar-refractivity contribution < 1.29 is 34.1 Å². The van der Waals surface area contributed by atoms with Gasteiger partial charge in [-0.3, -0.25) is 14.5 Å². The Morgan fingerprint density at radius 3 is 2.29 bits per heavy atom. The van der Waals surface area contributed by atoms with Gasteiger partial charge in [0.25, 0.3) is 11.8 Å². The van der Waals surface area contributed by atoms with Crippen LogP contribution in [0.1, 0.15) is 26.3 Å². The molecule has 0 fully saturated rings. The number of carboxylic acid groups (broad SMARTS) is 1. The summed E-state index contributed by atoms with van der Waals surface area (Å²) in [5.74, 6) is -0.867. The van der Waals surface area contributed by atoms with Crippen LogP contribution < -0.4 is 9.47 Å². The maximum Gasteiger partial charge on any atom is 0.416 e. The molecule has 0 aliphatic carbocycles. The Hall–Kier alpha value is -5.31. The molecule has 1 aliphatic heterocycles. The summed E-state index contributed by atoms with van der Waals surface area (Å²) in [4.78, 5) is 39.9. The molecule has 5 aromatic rings. The number of fused-ring (bicyclic) bond motifs is 5. The van der Waals surface area contributed by atoms with Gasteiger partial charge in [0.15, 0.2) is 11.5 Å². The summed E-state index contributed by atoms with van der Waals surface area (Å²) >= 11 is 0. The second kappa shape index (κ2) is 8.67. The third kappa shape index (κ3) is 3.52. The number of carbonyl (C=O) groups is 3. The number of hydrogen-bond acceptors (Lipinski definition) is 6. The summed E-state index contributed by atoms with van der Waals surface area (Å²) in [6, 6.07) is 22.1. The van der Waals surface area contributed by atoms with E-state index in [1.165, 1.54) is 25.2 Å². The summed E-state index contributed by atoms with van der Waals surface area (Å²) in [6.07, 6.45) is -1.28. The van der Waals surface area contributed by atoms with E-state index in [9.17, 15) is 24.6 Å². The van der Waals surface area contributed by atoms with E-state index < -0.39 is 17.9 Å². The average molecular weight is 508 g/mol. The maximum atomic E-state index is 13.3. The molecule has 2 amide bonds. The predicted octanol–water partition coefficient (Wildman–Crippen LogP) is 5.62. The first-order valence-corrected chi connectivity index (χ1v) is 11.7. The minimum atomic E-state index is -1.28. The lowest BCUT2D eigenvalue weighted by Crippen LogP contribution is -2.24. The summed E-state index contributed by atoms with van der Waals surface area (Å²) in [5.41, 5.74) is 1.46. The number of phenols is 1. The summed E-state index contributed by atoms with van der Waals surface area (Å²) in [7, 11) is 1.35. The Bertz CT molecular complexity index is 1790. The Labute approximate surface area is 215 Å². The van der Waals surface area contributed by atoms with Crippen LogP contribution in [-0.4, -0.2) is 44.6 Å². The summed E-state index contributed by atoms with van der Waals surface area (Å²) in [6.45, 7) is 0.292. The van der Waals surface area contributed by atoms with E-state index in [0.717, 1.165) is 15.0 Å². The van der Waals surface area contributed by atoms with Gasteiger partial charge in [-0.25, -0.2) is 9.36 Å². The van der Waals surface area contributed by atoms with Crippen molar-refractivity contribution in [1.82, 2.24) is 9.47 Å². The first-order chi connectivity index (χ1) is 18.3. The molecule has 0 bridgehead atoms. The molecule has 2 N–H and O–H groups in total. The quantitative estimate of drug-likeness (QED) is 0.296. The Kier molecular flexibility index (Phi) is 5.27. The van der Waals surface area contributed by atoms with Crippen LogP contribution in [0.3, 0.4) is 0 Å². The summed E-state index contributed by atoms with van der Waals surface area (Å²) in [5, 5.41) is 21.1. The monoisotopic (exact) mass is 508 g/mol. The number of rotatable bonds is 5. The highest BCUT2D eigenvalue weighted by Crippen LogP contribution is 2.44. The lowest BCUT2D eigenvalue weighted by Gasteiger charge is -2.11. The lowest BCUT2D eigenvalue weighted by atomic mass is 10.0. The van der Waals surface area contributed by atoms with Crippen molar-refractivity contribution in [2.24, 2.45) is 0 Å². The molecule has 0 radical (unpaired) electrons. The van der Waals surface area contributed by atoms with E-state index >= 15 is 0 Å². The van der Waals surface area contributed by atoms with Crippen LogP contribution in [0.5, 0.6) is 23.0 Å². The van der Waals surface area contributed by atoms with Crippen LogP contribution in [0.2, 0.25) is 0 Å². The number of nitrogens with zero attached hydrogens (tertiary/aromatic N) is 2. The standard InChI is InChI=1S/C29H20N2O7/c1-30-27(33)25-23(38-22-10-6-5-9-21(22)32)14-20-24(26(25)28(30)34)18-13-17(11-12-19(18)31(20)29(35)36)37-15-16-7-3-2-4-8-16/h2-14,32H,15H2,1H3,(H,35,36). The number of amides is 2. The van der Waals surface area contributed by atoms with Crippen LogP contribution in [0.25, 0.3) is 21.8 Å². The number of aromatic nitrogens is 1. The molecule has 188 valence electrons. The third-order valence-corrected chi connectivity index (χ3v) is 6.55. The van der Waals surface area contributed by atoms with Crippen LogP contribution in [0.15, 0.2) is 78.9 Å². The molecule has 6 rings (SSSR count). The molecule has 0 saturated carbocycles. The first kappa shape index (κ1) is 23.1. The van der Waals surface area contributed by atoms with Crippen LogP contribution in [0, 0.1) is 0 Å². The van der Waals surface area contributed by atoms with Crippen molar-refractivity contribution in [1.29, 1.82) is 0 Å². The molecule has 0 unspecified atom stereocenters. The molecule has 0 atom stereocenters. The number of para-hydroxylation sites is 2. The van der Waals surface area contributed by atoms with E-state index in [1.54, 1.807) is 30.3 Å². The van der Waals surface area contributed by atoms with Gasteiger partial charge in [0.05, 0.1) is 22.2 Å². The van der Waals surface area contributed by atoms with E-state index in [1.807, 2.05) is 30.3 Å². The molecule has 9 heteroatoms. The van der Waals surface area contributed by atoms with Crippen molar-refractivity contribution in [3.05, 3.63) is 95.6 Å². The fourth-order valence-corrected chi connectivity index (χ4v) is 4.77. The minimum absolute atomic E-state index is 0.00620. The number of phenolic OH excluding ortho intramolecular Hbond substituents is 1. The van der Waals surface area contributed by atoms with Gasteiger partial charge >= 0.3 is 6.09 Å². The smallest absolute Gasteiger partial charge is 0.416 e. The average Bonchev–Trinajstić information content (AvgIpc) is 3.36. The van der Waals surface area contributed by atoms with Crippen LogP contribution in [0.4, 0.5) is 4.79 Å². The van der Waals surface area contributed by atoms with Gasteiger partial charge in [-0.05, 0) is 35.9 Å². The van der Waals surface area contributed by atoms with Gasteiger partial charge in [-0.2, -0.15) is 0 Å². The summed E-state index contributed by atoms with van der Waals surface area (Å²) < 4.78 is 12.9. The molecule has 1 aliphatic rings. The van der Waals surface area contributed by atoms with Crippen molar-refractivity contribution >= 4 is 39.7 Å². The minimum Gasteiger partial charge on any atom is -0.504 e. The fourth-order valence-electron chi connectivity index (χ4n) is 4.77. The van der Waals surface area contributed by atoms with Gasteiger partial charge in [-0.15, -0.1) is 0 Å². The van der Waals surface area contributed by atoms with Crippen molar-refractivity contribution in [3.8, 4) is 23.0 Å². The highest BCUT2D eigenvalue weighted by atomic mass is 16.5. The van der Waals surface area contributed by atoms with Crippen molar-refractivity contribution in [2.45, 2.75) is 6.61 Å². The van der Waals surface area contributed by atoms with E-state index in [0.29, 0.717) is 28.6 Å². The first-order valence-electron chi connectivity index (χ1n) is 11.7. The molecule has 2 heterocycles. The number of imide groups is 1. The Morgan fingerprint density at radius 1 is 0.842 bits per heavy atom. The maximum absolute atomic E-state index is 13.3. The second-order valence-corrected chi connectivity index (χ2v) is 8.83.